The topological polar surface area (TPSA) is 58.5 Å². The van der Waals surface area contributed by atoms with Crippen molar-refractivity contribution in [3.8, 4) is 11.8 Å². The van der Waals surface area contributed by atoms with Crippen LogP contribution in [0.5, 0.6) is 11.8 Å². The van der Waals surface area contributed by atoms with Gasteiger partial charge in [0.25, 0.3) is 0 Å². The number of alkyl halides is 1. The fourth-order valence-corrected chi connectivity index (χ4v) is 3.72. The Balaban J connectivity index is 1.53. The molecule has 1 aromatic carbocycles. The molecule has 2 saturated heterocycles. The predicted octanol–water partition coefficient (Wildman–Crippen LogP) is 2.29. The molecular weight excluding hydrogens is 285 g/mol. The third-order valence-corrected chi connectivity index (χ3v) is 4.77. The number of hydrogen-bond donors (Lipinski definition) is 1. The molecule has 4 rings (SSSR count). The molecule has 0 spiro atoms. The Labute approximate surface area is 127 Å². The first-order valence-electron chi connectivity index (χ1n) is 7.62. The molecule has 2 aliphatic heterocycles. The zero-order valence-electron chi connectivity index (χ0n) is 12.2. The highest BCUT2D eigenvalue weighted by Crippen LogP contribution is 2.40. The van der Waals surface area contributed by atoms with Crippen LogP contribution in [0.2, 0.25) is 0 Å². The summed E-state index contributed by atoms with van der Waals surface area (Å²) in [7, 11) is 0. The second kappa shape index (κ2) is 5.05. The molecule has 2 fully saturated rings. The van der Waals surface area contributed by atoms with Gasteiger partial charge in [0.15, 0.2) is 0 Å². The number of fused-ring (bicyclic) bond motifs is 2. The minimum absolute atomic E-state index is 0.185. The van der Waals surface area contributed by atoms with Crippen LogP contribution in [0, 0.1) is 0 Å². The second-order valence-electron chi connectivity index (χ2n) is 6.26. The van der Waals surface area contributed by atoms with E-state index in [1.165, 1.54) is 0 Å². The first-order valence-corrected chi connectivity index (χ1v) is 7.62. The van der Waals surface area contributed by atoms with Crippen molar-refractivity contribution in [2.24, 2.45) is 0 Å². The average Bonchev–Trinajstić information content (AvgIpc) is 3.01. The summed E-state index contributed by atoms with van der Waals surface area (Å²) < 4.78 is 19.5. The highest BCUT2D eigenvalue weighted by Gasteiger charge is 2.49. The van der Waals surface area contributed by atoms with Gasteiger partial charge in [-0.1, -0.05) is 0 Å². The number of halogens is 1. The highest BCUT2D eigenvalue weighted by atomic mass is 19.1. The molecule has 1 aromatic heterocycles. The smallest absolute Gasteiger partial charge is 0.316 e. The van der Waals surface area contributed by atoms with Gasteiger partial charge in [-0.2, -0.15) is 4.98 Å². The molecule has 0 bridgehead atoms. The first kappa shape index (κ1) is 13.7. The van der Waals surface area contributed by atoms with Crippen LogP contribution in [0.15, 0.2) is 24.4 Å². The Kier molecular flexibility index (Phi) is 3.14. The van der Waals surface area contributed by atoms with E-state index in [1.54, 1.807) is 24.4 Å². The quantitative estimate of drug-likeness (QED) is 0.943. The average molecular weight is 303 g/mol. The normalized spacial score (nSPS) is 28.1. The largest absolute Gasteiger partial charge is 0.508 e. The fraction of sp³-hybridized carbons (Fsp3) is 0.500. The van der Waals surface area contributed by atoms with Crippen LogP contribution in [0.25, 0.3) is 10.9 Å². The maximum Gasteiger partial charge on any atom is 0.316 e. The van der Waals surface area contributed by atoms with Crippen molar-refractivity contribution in [3.05, 3.63) is 24.4 Å². The molecule has 5 nitrogen and oxygen atoms in total. The summed E-state index contributed by atoms with van der Waals surface area (Å²) in [4.78, 5) is 10.7. The molecule has 0 saturated carbocycles. The summed E-state index contributed by atoms with van der Waals surface area (Å²) in [6.07, 6.45) is 3.47. The number of ether oxygens (including phenoxy) is 1. The van der Waals surface area contributed by atoms with E-state index in [9.17, 15) is 9.50 Å². The lowest BCUT2D eigenvalue weighted by Gasteiger charge is -2.30. The van der Waals surface area contributed by atoms with Crippen LogP contribution in [0.4, 0.5) is 4.39 Å². The minimum atomic E-state index is -0.760. The summed E-state index contributed by atoms with van der Waals surface area (Å²) in [6, 6.07) is 5.23. The van der Waals surface area contributed by atoms with Crippen molar-refractivity contribution in [3.63, 3.8) is 0 Å². The standard InChI is InChI=1S/C16H18FN3O2/c17-12-7-16(4-1-5-20(16)9-12)10-22-15-18-8-11-6-13(21)2-3-14(11)19-15/h2-3,6,8,12,21H,1,4-5,7,9-10H2/t12-,16+/m1/s1. The van der Waals surface area contributed by atoms with E-state index in [4.69, 9.17) is 4.74 Å². The van der Waals surface area contributed by atoms with E-state index in [0.717, 1.165) is 30.3 Å². The maximum atomic E-state index is 13.7. The van der Waals surface area contributed by atoms with Crippen LogP contribution in [0.3, 0.4) is 0 Å². The molecule has 22 heavy (non-hydrogen) atoms. The first-order chi connectivity index (χ1) is 10.6. The number of aromatic nitrogens is 2. The van der Waals surface area contributed by atoms with Gasteiger partial charge in [-0.05, 0) is 37.6 Å². The molecule has 116 valence electrons. The van der Waals surface area contributed by atoms with E-state index in [1.807, 2.05) is 0 Å². The Morgan fingerprint density at radius 1 is 1.45 bits per heavy atom. The van der Waals surface area contributed by atoms with E-state index in [0.29, 0.717) is 25.6 Å². The molecule has 2 aliphatic rings. The zero-order chi connectivity index (χ0) is 15.2. The van der Waals surface area contributed by atoms with E-state index in [-0.39, 0.29) is 11.3 Å². The molecular formula is C16H18FN3O2. The maximum absolute atomic E-state index is 13.7. The number of nitrogens with zero attached hydrogens (tertiary/aromatic N) is 3. The van der Waals surface area contributed by atoms with Gasteiger partial charge in [-0.15, -0.1) is 0 Å². The summed E-state index contributed by atoms with van der Waals surface area (Å²) in [5.41, 5.74) is 0.533. The Hall–Kier alpha value is -1.95. The third-order valence-electron chi connectivity index (χ3n) is 4.77. The number of phenolic OH excluding ortho intramolecular Hbond substituents is 1. The van der Waals surface area contributed by atoms with Gasteiger partial charge >= 0.3 is 6.01 Å². The summed E-state index contributed by atoms with van der Waals surface area (Å²) in [6.45, 7) is 1.89. The molecule has 2 aromatic rings. The van der Waals surface area contributed by atoms with Crippen molar-refractivity contribution in [2.75, 3.05) is 19.7 Å². The SMILES string of the molecule is Oc1ccc2nc(OC[C@@]34CCCN3C[C@H](F)C4)ncc2c1. The molecule has 3 heterocycles. The van der Waals surface area contributed by atoms with Gasteiger partial charge in [0, 0.05) is 24.5 Å². The van der Waals surface area contributed by atoms with Crippen LogP contribution < -0.4 is 4.74 Å². The number of hydrogen-bond acceptors (Lipinski definition) is 5. The van der Waals surface area contributed by atoms with Crippen molar-refractivity contribution >= 4 is 10.9 Å². The Morgan fingerprint density at radius 3 is 3.27 bits per heavy atom. The lowest BCUT2D eigenvalue weighted by molar-refractivity contribution is 0.107. The summed E-state index contributed by atoms with van der Waals surface area (Å²) in [5.74, 6) is 0.185. The minimum Gasteiger partial charge on any atom is -0.508 e. The number of phenols is 1. The fourth-order valence-electron chi connectivity index (χ4n) is 3.72. The lowest BCUT2D eigenvalue weighted by Crippen LogP contribution is -2.43. The van der Waals surface area contributed by atoms with Gasteiger partial charge in [-0.3, -0.25) is 4.90 Å². The molecule has 6 heteroatoms. The summed E-state index contributed by atoms with van der Waals surface area (Å²) >= 11 is 0. The van der Waals surface area contributed by atoms with Gasteiger partial charge in [0.2, 0.25) is 0 Å². The van der Waals surface area contributed by atoms with Crippen LogP contribution in [-0.4, -0.2) is 51.4 Å². The monoisotopic (exact) mass is 303 g/mol. The van der Waals surface area contributed by atoms with Crippen LogP contribution >= 0.6 is 0 Å². The van der Waals surface area contributed by atoms with Gasteiger partial charge in [0.1, 0.15) is 18.5 Å². The van der Waals surface area contributed by atoms with Gasteiger partial charge in [0.05, 0.1) is 11.1 Å². The molecule has 0 aliphatic carbocycles. The highest BCUT2D eigenvalue weighted by molar-refractivity contribution is 5.79. The molecule has 0 amide bonds. The number of rotatable bonds is 3. The van der Waals surface area contributed by atoms with E-state index < -0.39 is 6.17 Å². The molecule has 2 atom stereocenters. The number of aromatic hydroxyl groups is 1. The van der Waals surface area contributed by atoms with Crippen molar-refractivity contribution in [1.29, 1.82) is 0 Å². The van der Waals surface area contributed by atoms with E-state index >= 15 is 0 Å². The number of benzene rings is 1. The Bertz CT molecular complexity index is 711. The molecule has 0 radical (unpaired) electrons. The van der Waals surface area contributed by atoms with Crippen molar-refractivity contribution in [2.45, 2.75) is 31.0 Å². The van der Waals surface area contributed by atoms with Crippen molar-refractivity contribution < 1.29 is 14.2 Å². The van der Waals surface area contributed by atoms with Crippen LogP contribution in [-0.2, 0) is 0 Å². The third kappa shape index (κ3) is 2.27. The lowest BCUT2D eigenvalue weighted by atomic mass is 9.95. The summed E-state index contributed by atoms with van der Waals surface area (Å²) in [5, 5.41) is 10.2. The van der Waals surface area contributed by atoms with Gasteiger partial charge < -0.3 is 9.84 Å². The Morgan fingerprint density at radius 2 is 2.36 bits per heavy atom. The van der Waals surface area contributed by atoms with Crippen molar-refractivity contribution in [1.82, 2.24) is 14.9 Å². The second-order valence-corrected chi connectivity index (χ2v) is 6.26. The van der Waals surface area contributed by atoms with E-state index in [2.05, 4.69) is 14.9 Å². The van der Waals surface area contributed by atoms with Crippen LogP contribution in [0.1, 0.15) is 19.3 Å². The molecule has 0 unspecified atom stereocenters. The zero-order valence-corrected chi connectivity index (χ0v) is 12.2. The predicted molar refractivity (Wildman–Crippen MR) is 79.7 cm³/mol. The molecule has 1 N–H and O–H groups in total. The van der Waals surface area contributed by atoms with Gasteiger partial charge in [-0.25, -0.2) is 9.37 Å².